The normalized spacial score (nSPS) is 12.2. The van der Waals surface area contributed by atoms with Crippen LogP contribution in [0.25, 0.3) is 10.9 Å². The molecule has 1 heterocycles. The summed E-state index contributed by atoms with van der Waals surface area (Å²) in [6.07, 6.45) is -1.94. The Hall–Kier alpha value is -1.24. The fourth-order valence-corrected chi connectivity index (χ4v) is 2.23. The minimum absolute atomic E-state index is 0.180. The Morgan fingerprint density at radius 3 is 2.70 bits per heavy atom. The van der Waals surface area contributed by atoms with E-state index in [9.17, 15) is 13.2 Å². The van der Waals surface area contributed by atoms with Gasteiger partial charge in [0.2, 0.25) is 0 Å². The van der Waals surface area contributed by atoms with Crippen LogP contribution in [0, 0.1) is 0 Å². The quantitative estimate of drug-likeness (QED) is 0.920. The molecule has 0 radical (unpaired) electrons. The molecule has 0 amide bonds. The topological polar surface area (TPSA) is 40.2 Å². The molecule has 0 spiro atoms. The van der Waals surface area contributed by atoms with Crippen molar-refractivity contribution in [1.82, 2.24) is 4.57 Å². The largest absolute Gasteiger partial charge is 0.411 e. The number of fused-ring (bicyclic) bond motifs is 1. The molecule has 0 fully saturated rings. The average Bonchev–Trinajstić information content (AvgIpc) is 2.66. The van der Waals surface area contributed by atoms with Gasteiger partial charge in [-0.3, -0.25) is 0 Å². The van der Waals surface area contributed by atoms with Gasteiger partial charge in [-0.15, -0.1) is 0 Å². The van der Waals surface area contributed by atoms with Crippen molar-refractivity contribution in [2.45, 2.75) is 19.3 Å². The second kappa shape index (κ2) is 6.03. The SMILES string of the molecule is NCCc1cn(COCC(F)(F)F)c2cc(Cl)ccc12. The Balaban J connectivity index is 2.25. The van der Waals surface area contributed by atoms with E-state index in [-0.39, 0.29) is 6.73 Å². The third-order valence-corrected chi connectivity index (χ3v) is 3.07. The second-order valence-corrected chi connectivity index (χ2v) is 4.85. The number of ether oxygens (including phenoxy) is 1. The molecule has 1 aromatic heterocycles. The molecular weight excluding hydrogens is 293 g/mol. The maximum absolute atomic E-state index is 12.1. The predicted molar refractivity (Wildman–Crippen MR) is 71.7 cm³/mol. The van der Waals surface area contributed by atoms with Gasteiger partial charge in [0.25, 0.3) is 0 Å². The van der Waals surface area contributed by atoms with Crippen LogP contribution in [0.15, 0.2) is 24.4 Å². The smallest absolute Gasteiger partial charge is 0.351 e. The second-order valence-electron chi connectivity index (χ2n) is 4.42. The summed E-state index contributed by atoms with van der Waals surface area (Å²) in [4.78, 5) is 0. The molecule has 0 aliphatic rings. The van der Waals surface area contributed by atoms with E-state index in [0.717, 1.165) is 16.5 Å². The fourth-order valence-electron chi connectivity index (χ4n) is 2.06. The summed E-state index contributed by atoms with van der Waals surface area (Å²) >= 11 is 5.92. The highest BCUT2D eigenvalue weighted by atomic mass is 35.5. The Labute approximate surface area is 119 Å². The van der Waals surface area contributed by atoms with E-state index in [2.05, 4.69) is 4.74 Å². The van der Waals surface area contributed by atoms with E-state index in [4.69, 9.17) is 17.3 Å². The van der Waals surface area contributed by atoms with Gasteiger partial charge in [0, 0.05) is 16.6 Å². The monoisotopic (exact) mass is 306 g/mol. The van der Waals surface area contributed by atoms with Crippen LogP contribution in [0.4, 0.5) is 13.2 Å². The van der Waals surface area contributed by atoms with E-state index in [1.165, 1.54) is 0 Å². The number of halogens is 4. The average molecular weight is 307 g/mol. The van der Waals surface area contributed by atoms with Crippen molar-refractivity contribution in [3.8, 4) is 0 Å². The van der Waals surface area contributed by atoms with Crippen molar-refractivity contribution in [3.05, 3.63) is 35.0 Å². The summed E-state index contributed by atoms with van der Waals surface area (Å²) in [6.45, 7) is -0.995. The predicted octanol–water partition coefficient (Wildman–Crippen LogP) is 3.33. The van der Waals surface area contributed by atoms with Crippen LogP contribution >= 0.6 is 11.6 Å². The van der Waals surface area contributed by atoms with Gasteiger partial charge in [0.1, 0.15) is 13.3 Å². The lowest BCUT2D eigenvalue weighted by Crippen LogP contribution is -2.18. The lowest BCUT2D eigenvalue weighted by molar-refractivity contribution is -0.181. The van der Waals surface area contributed by atoms with Gasteiger partial charge in [0.05, 0.1) is 5.52 Å². The van der Waals surface area contributed by atoms with Gasteiger partial charge in [0.15, 0.2) is 0 Å². The standard InChI is InChI=1S/C13H14ClF3N2O/c14-10-1-2-11-9(3-4-18)6-19(12(11)5-10)8-20-7-13(15,16)17/h1-2,5-6H,3-4,7-8,18H2. The Morgan fingerprint density at radius 2 is 2.05 bits per heavy atom. The molecule has 0 unspecified atom stereocenters. The first-order chi connectivity index (χ1) is 9.40. The number of rotatable bonds is 5. The zero-order valence-corrected chi connectivity index (χ0v) is 11.3. The van der Waals surface area contributed by atoms with Gasteiger partial charge < -0.3 is 15.0 Å². The number of hydrogen-bond donors (Lipinski definition) is 1. The maximum Gasteiger partial charge on any atom is 0.411 e. The summed E-state index contributed by atoms with van der Waals surface area (Å²) in [5, 5.41) is 1.45. The Kier molecular flexibility index (Phi) is 4.57. The van der Waals surface area contributed by atoms with Crippen LogP contribution in [0.2, 0.25) is 5.02 Å². The molecule has 0 saturated heterocycles. The summed E-state index contributed by atoms with van der Waals surface area (Å²) in [7, 11) is 0. The van der Waals surface area contributed by atoms with E-state index >= 15 is 0 Å². The van der Waals surface area contributed by atoms with Crippen LogP contribution in [-0.4, -0.2) is 23.9 Å². The van der Waals surface area contributed by atoms with Crippen molar-refractivity contribution in [2.75, 3.05) is 13.2 Å². The molecular formula is C13H14ClF3N2O. The van der Waals surface area contributed by atoms with Crippen LogP contribution in [0.5, 0.6) is 0 Å². The van der Waals surface area contributed by atoms with Crippen LogP contribution in [0.1, 0.15) is 5.56 Å². The van der Waals surface area contributed by atoms with Crippen molar-refractivity contribution in [1.29, 1.82) is 0 Å². The number of nitrogens with two attached hydrogens (primary N) is 1. The molecule has 0 aliphatic heterocycles. The molecule has 2 N–H and O–H groups in total. The molecule has 0 atom stereocenters. The van der Waals surface area contributed by atoms with E-state index in [1.54, 1.807) is 22.9 Å². The van der Waals surface area contributed by atoms with E-state index in [0.29, 0.717) is 18.0 Å². The summed E-state index contributed by atoms with van der Waals surface area (Å²) < 4.78 is 42.6. The third-order valence-electron chi connectivity index (χ3n) is 2.84. The van der Waals surface area contributed by atoms with Crippen molar-refractivity contribution in [2.24, 2.45) is 5.73 Å². The highest BCUT2D eigenvalue weighted by Gasteiger charge is 2.27. The molecule has 110 valence electrons. The lowest BCUT2D eigenvalue weighted by Gasteiger charge is -2.09. The number of hydrogen-bond acceptors (Lipinski definition) is 2. The first kappa shape index (κ1) is 15.2. The van der Waals surface area contributed by atoms with Crippen molar-refractivity contribution >= 4 is 22.5 Å². The Morgan fingerprint density at radius 1 is 1.30 bits per heavy atom. The van der Waals surface area contributed by atoms with Crippen LogP contribution in [-0.2, 0) is 17.9 Å². The van der Waals surface area contributed by atoms with Crippen molar-refractivity contribution in [3.63, 3.8) is 0 Å². The molecule has 0 aliphatic carbocycles. The molecule has 2 aromatic rings. The molecule has 0 bridgehead atoms. The zero-order chi connectivity index (χ0) is 14.8. The highest BCUT2D eigenvalue weighted by molar-refractivity contribution is 6.31. The van der Waals surface area contributed by atoms with Gasteiger partial charge in [-0.2, -0.15) is 13.2 Å². The van der Waals surface area contributed by atoms with Crippen molar-refractivity contribution < 1.29 is 17.9 Å². The molecule has 3 nitrogen and oxygen atoms in total. The highest BCUT2D eigenvalue weighted by Crippen LogP contribution is 2.25. The minimum Gasteiger partial charge on any atom is -0.351 e. The Bertz CT molecular complexity index is 595. The van der Waals surface area contributed by atoms with Gasteiger partial charge in [-0.25, -0.2) is 0 Å². The first-order valence-corrected chi connectivity index (χ1v) is 6.40. The third kappa shape index (κ3) is 3.65. The summed E-state index contributed by atoms with van der Waals surface area (Å²) in [6, 6.07) is 5.28. The number of aromatic nitrogens is 1. The number of nitrogens with zero attached hydrogens (tertiary/aromatic N) is 1. The van der Waals surface area contributed by atoms with Gasteiger partial charge in [-0.05, 0) is 30.7 Å². The van der Waals surface area contributed by atoms with Crippen LogP contribution < -0.4 is 5.73 Å². The molecule has 0 saturated carbocycles. The molecule has 20 heavy (non-hydrogen) atoms. The molecule has 1 aromatic carbocycles. The van der Waals surface area contributed by atoms with Gasteiger partial charge >= 0.3 is 6.18 Å². The van der Waals surface area contributed by atoms with Gasteiger partial charge in [-0.1, -0.05) is 17.7 Å². The zero-order valence-electron chi connectivity index (χ0n) is 10.6. The molecule has 7 heteroatoms. The fraction of sp³-hybridized carbons (Fsp3) is 0.385. The summed E-state index contributed by atoms with van der Waals surface area (Å²) in [5.41, 5.74) is 7.24. The number of alkyl halides is 3. The lowest BCUT2D eigenvalue weighted by atomic mass is 10.1. The maximum atomic E-state index is 12.1. The summed E-state index contributed by atoms with van der Waals surface area (Å²) in [5.74, 6) is 0. The first-order valence-electron chi connectivity index (χ1n) is 6.02. The van der Waals surface area contributed by atoms with E-state index in [1.807, 2.05) is 6.07 Å². The van der Waals surface area contributed by atoms with Crippen LogP contribution in [0.3, 0.4) is 0 Å². The van der Waals surface area contributed by atoms with E-state index < -0.39 is 12.8 Å². The number of benzene rings is 1. The molecule has 2 rings (SSSR count). The minimum atomic E-state index is -4.33.